The maximum absolute atomic E-state index is 12.6. The topological polar surface area (TPSA) is 67.2 Å². The molecule has 32 heavy (non-hydrogen) atoms. The highest BCUT2D eigenvalue weighted by molar-refractivity contribution is 5.77. The molecule has 1 aromatic heterocycles. The Labute approximate surface area is 189 Å². The van der Waals surface area contributed by atoms with Gasteiger partial charge >= 0.3 is 0 Å². The number of hydrogen-bond acceptors (Lipinski definition) is 4. The van der Waals surface area contributed by atoms with Crippen LogP contribution in [0.2, 0.25) is 0 Å². The molecule has 0 unspecified atom stereocenters. The summed E-state index contributed by atoms with van der Waals surface area (Å²) in [6.45, 7) is 8.86. The lowest BCUT2D eigenvalue weighted by Gasteiger charge is -2.34. The lowest BCUT2D eigenvalue weighted by Crippen LogP contribution is -2.45. The zero-order valence-corrected chi connectivity index (χ0v) is 19.2. The third-order valence-corrected chi connectivity index (χ3v) is 6.27. The van der Waals surface area contributed by atoms with Gasteiger partial charge in [-0.25, -0.2) is 4.98 Å². The average Bonchev–Trinajstić information content (AvgIpc) is 2.79. The van der Waals surface area contributed by atoms with E-state index in [1.807, 2.05) is 18.2 Å². The Bertz CT molecular complexity index is 1140. The van der Waals surface area contributed by atoms with Gasteiger partial charge in [0.25, 0.3) is 5.56 Å². The van der Waals surface area contributed by atoms with Gasteiger partial charge < -0.3 is 10.2 Å². The number of fused-ring (bicyclic) bond motifs is 1. The molecule has 1 amide bonds. The molecule has 0 aliphatic carbocycles. The van der Waals surface area contributed by atoms with Crippen molar-refractivity contribution >= 4 is 22.5 Å². The SMILES string of the molecule is CC(C)(C)c1ccc(N2CCC(NC(=O)CCn3cnc4ccccc4c3=O)CC2)cc1. The fourth-order valence-corrected chi connectivity index (χ4v) is 4.24. The summed E-state index contributed by atoms with van der Waals surface area (Å²) >= 11 is 0. The van der Waals surface area contributed by atoms with Crippen LogP contribution in [0.4, 0.5) is 5.69 Å². The van der Waals surface area contributed by atoms with Gasteiger partial charge in [0.15, 0.2) is 0 Å². The maximum atomic E-state index is 12.6. The molecule has 2 heterocycles. The second kappa shape index (κ2) is 9.15. The minimum atomic E-state index is -0.103. The zero-order valence-electron chi connectivity index (χ0n) is 19.2. The van der Waals surface area contributed by atoms with E-state index in [4.69, 9.17) is 0 Å². The number of anilines is 1. The van der Waals surface area contributed by atoms with Crippen LogP contribution in [-0.2, 0) is 16.8 Å². The molecule has 1 N–H and O–H groups in total. The molecule has 4 rings (SSSR count). The van der Waals surface area contributed by atoms with Crippen molar-refractivity contribution in [3.8, 4) is 0 Å². The van der Waals surface area contributed by atoms with Crippen LogP contribution in [0.25, 0.3) is 10.9 Å². The van der Waals surface area contributed by atoms with E-state index >= 15 is 0 Å². The van der Waals surface area contributed by atoms with Gasteiger partial charge in [-0.05, 0) is 48.1 Å². The number of benzene rings is 2. The minimum absolute atomic E-state index is 0.0157. The molecule has 1 fully saturated rings. The number of para-hydroxylation sites is 1. The van der Waals surface area contributed by atoms with Crippen molar-refractivity contribution in [1.29, 1.82) is 0 Å². The second-order valence-electron chi connectivity index (χ2n) is 9.64. The molecule has 1 aliphatic rings. The molecule has 0 atom stereocenters. The van der Waals surface area contributed by atoms with Crippen LogP contribution in [0.3, 0.4) is 0 Å². The van der Waals surface area contributed by atoms with E-state index in [0.29, 0.717) is 17.4 Å². The fourth-order valence-electron chi connectivity index (χ4n) is 4.24. The first-order valence-corrected chi connectivity index (χ1v) is 11.4. The predicted octanol–water partition coefficient (Wildman–Crippen LogP) is 3.87. The van der Waals surface area contributed by atoms with E-state index in [9.17, 15) is 9.59 Å². The summed E-state index contributed by atoms with van der Waals surface area (Å²) in [7, 11) is 0. The Morgan fingerprint density at radius 2 is 1.75 bits per heavy atom. The zero-order chi connectivity index (χ0) is 22.7. The van der Waals surface area contributed by atoms with Crippen molar-refractivity contribution in [2.45, 2.75) is 58.0 Å². The van der Waals surface area contributed by atoms with Crippen molar-refractivity contribution in [3.05, 3.63) is 70.8 Å². The summed E-state index contributed by atoms with van der Waals surface area (Å²) in [5.41, 5.74) is 3.31. The number of nitrogens with zero attached hydrogens (tertiary/aromatic N) is 3. The van der Waals surface area contributed by atoms with Crippen LogP contribution in [-0.4, -0.2) is 34.6 Å². The van der Waals surface area contributed by atoms with Gasteiger partial charge in [-0.2, -0.15) is 0 Å². The lowest BCUT2D eigenvalue weighted by atomic mass is 9.87. The lowest BCUT2D eigenvalue weighted by molar-refractivity contribution is -0.122. The first kappa shape index (κ1) is 22.1. The highest BCUT2D eigenvalue weighted by Crippen LogP contribution is 2.26. The largest absolute Gasteiger partial charge is 0.371 e. The molecule has 3 aromatic rings. The van der Waals surface area contributed by atoms with Crippen molar-refractivity contribution in [2.75, 3.05) is 18.0 Å². The molecule has 6 nitrogen and oxygen atoms in total. The van der Waals surface area contributed by atoms with Crippen LogP contribution in [0.15, 0.2) is 59.7 Å². The predicted molar refractivity (Wildman–Crippen MR) is 129 cm³/mol. The average molecular weight is 433 g/mol. The summed E-state index contributed by atoms with van der Waals surface area (Å²) in [6.07, 6.45) is 3.64. The third-order valence-electron chi connectivity index (χ3n) is 6.27. The first-order valence-electron chi connectivity index (χ1n) is 11.4. The highest BCUT2D eigenvalue weighted by Gasteiger charge is 2.21. The van der Waals surface area contributed by atoms with E-state index in [1.165, 1.54) is 22.1 Å². The molecule has 2 aromatic carbocycles. The number of carbonyl (C=O) groups is 1. The number of amides is 1. The Morgan fingerprint density at radius 1 is 1.06 bits per heavy atom. The van der Waals surface area contributed by atoms with Crippen LogP contribution in [0, 0.1) is 0 Å². The molecule has 168 valence electrons. The van der Waals surface area contributed by atoms with Crippen molar-refractivity contribution in [3.63, 3.8) is 0 Å². The molecule has 1 aliphatic heterocycles. The van der Waals surface area contributed by atoms with Crippen LogP contribution in [0.1, 0.15) is 45.6 Å². The standard InChI is InChI=1S/C26H32N4O2/c1-26(2,3)19-8-10-21(11-9-19)29-15-12-20(13-16-29)28-24(31)14-17-30-18-27-23-7-5-4-6-22(23)25(30)32/h4-11,18,20H,12-17H2,1-3H3,(H,28,31). The van der Waals surface area contributed by atoms with Gasteiger partial charge in [0.2, 0.25) is 5.91 Å². The van der Waals surface area contributed by atoms with Crippen LogP contribution >= 0.6 is 0 Å². The quantitative estimate of drug-likeness (QED) is 0.665. The number of piperidine rings is 1. The van der Waals surface area contributed by atoms with E-state index in [2.05, 4.69) is 60.2 Å². The minimum Gasteiger partial charge on any atom is -0.371 e. The number of rotatable bonds is 5. The van der Waals surface area contributed by atoms with Crippen LogP contribution in [0.5, 0.6) is 0 Å². The van der Waals surface area contributed by atoms with Crippen molar-refractivity contribution in [1.82, 2.24) is 14.9 Å². The van der Waals surface area contributed by atoms with Gasteiger partial charge in [0.05, 0.1) is 17.2 Å². The number of aromatic nitrogens is 2. The molecular weight excluding hydrogens is 400 g/mol. The summed E-state index contributed by atoms with van der Waals surface area (Å²) in [6, 6.07) is 16.3. The molecular formula is C26H32N4O2. The maximum Gasteiger partial charge on any atom is 0.261 e. The van der Waals surface area contributed by atoms with Gasteiger partial charge in [-0.3, -0.25) is 14.2 Å². The summed E-state index contributed by atoms with van der Waals surface area (Å²) in [5, 5.41) is 3.73. The first-order chi connectivity index (χ1) is 15.3. The number of carbonyl (C=O) groups excluding carboxylic acids is 1. The van der Waals surface area contributed by atoms with Crippen LogP contribution < -0.4 is 15.8 Å². The van der Waals surface area contributed by atoms with Crippen molar-refractivity contribution < 1.29 is 4.79 Å². The second-order valence-corrected chi connectivity index (χ2v) is 9.64. The van der Waals surface area contributed by atoms with E-state index in [1.54, 1.807) is 6.07 Å². The summed E-state index contributed by atoms with van der Waals surface area (Å²) in [4.78, 5) is 31.7. The third kappa shape index (κ3) is 5.01. The molecule has 0 radical (unpaired) electrons. The van der Waals surface area contributed by atoms with Gasteiger partial charge in [0, 0.05) is 37.8 Å². The molecule has 0 spiro atoms. The van der Waals surface area contributed by atoms with E-state index < -0.39 is 0 Å². The van der Waals surface area contributed by atoms with Gasteiger partial charge in [-0.1, -0.05) is 45.0 Å². The molecule has 1 saturated heterocycles. The van der Waals surface area contributed by atoms with Crippen molar-refractivity contribution in [2.24, 2.45) is 0 Å². The van der Waals surface area contributed by atoms with Gasteiger partial charge in [-0.15, -0.1) is 0 Å². The normalized spacial score (nSPS) is 15.2. The monoisotopic (exact) mass is 432 g/mol. The Balaban J connectivity index is 1.27. The fraction of sp³-hybridized carbons (Fsp3) is 0.423. The Kier molecular flexibility index (Phi) is 6.31. The highest BCUT2D eigenvalue weighted by atomic mass is 16.2. The molecule has 0 saturated carbocycles. The molecule has 0 bridgehead atoms. The number of aryl methyl sites for hydroxylation is 1. The molecule has 6 heteroatoms. The Morgan fingerprint density at radius 3 is 2.44 bits per heavy atom. The summed E-state index contributed by atoms with van der Waals surface area (Å²) < 4.78 is 1.52. The van der Waals surface area contributed by atoms with E-state index in [0.717, 1.165) is 25.9 Å². The van der Waals surface area contributed by atoms with E-state index in [-0.39, 0.29) is 29.3 Å². The Hall–Kier alpha value is -3.15. The van der Waals surface area contributed by atoms with Gasteiger partial charge in [0.1, 0.15) is 0 Å². The number of nitrogens with one attached hydrogen (secondary N) is 1. The number of hydrogen-bond donors (Lipinski definition) is 1. The summed E-state index contributed by atoms with van der Waals surface area (Å²) in [5.74, 6) is -0.0157. The smallest absolute Gasteiger partial charge is 0.261 e.